The molecular weight excluding hydrogens is 1010 g/mol. The number of rotatable bonds is 59. The predicted octanol–water partition coefficient (Wildman–Crippen LogP) is 20.9. The van der Waals surface area contributed by atoms with Crippen LogP contribution in [-0.2, 0) is 32.7 Å². The van der Waals surface area contributed by atoms with Gasteiger partial charge in [-0.3, -0.25) is 18.6 Å². The number of hydrogen-bond acceptors (Lipinski definition) is 7. The normalized spacial score (nSPS) is 13.9. The molecule has 0 bridgehead atoms. The Balaban J connectivity index is 4.01. The number of nitrogens with zero attached hydrogens (tertiary/aromatic N) is 1. The second-order valence-corrected chi connectivity index (χ2v) is 24.2. The third-order valence-corrected chi connectivity index (χ3v) is 14.8. The minimum Gasteiger partial charge on any atom is -0.462 e. The van der Waals surface area contributed by atoms with E-state index < -0.39 is 26.5 Å². The predicted molar refractivity (Wildman–Crippen MR) is 344 cm³/mol. The number of phosphoric ester groups is 1. The van der Waals surface area contributed by atoms with E-state index in [9.17, 15) is 19.0 Å². The number of likely N-dealkylation sites (N-methyl/N-ethyl adjacent to an activating group) is 1. The van der Waals surface area contributed by atoms with Gasteiger partial charge in [-0.05, 0) is 103 Å². The summed E-state index contributed by atoms with van der Waals surface area (Å²) in [5, 5.41) is 0. The van der Waals surface area contributed by atoms with Crippen LogP contribution in [0.4, 0.5) is 0 Å². The highest BCUT2D eigenvalue weighted by molar-refractivity contribution is 7.47. The highest BCUT2D eigenvalue weighted by Crippen LogP contribution is 2.43. The van der Waals surface area contributed by atoms with Gasteiger partial charge in [-0.15, -0.1) is 0 Å². The zero-order valence-corrected chi connectivity index (χ0v) is 53.2. The second kappa shape index (κ2) is 60.3. The smallest absolute Gasteiger partial charge is 0.462 e. The van der Waals surface area contributed by atoms with Crippen molar-refractivity contribution >= 4 is 19.8 Å². The highest BCUT2D eigenvalue weighted by atomic mass is 31.2. The summed E-state index contributed by atoms with van der Waals surface area (Å²) in [5.41, 5.74) is 0. The van der Waals surface area contributed by atoms with Crippen molar-refractivity contribution in [3.05, 3.63) is 109 Å². The molecule has 0 saturated carbocycles. The number of quaternary nitrogens is 1. The van der Waals surface area contributed by atoms with E-state index in [1.807, 2.05) is 21.1 Å². The van der Waals surface area contributed by atoms with Crippen LogP contribution in [0.5, 0.6) is 0 Å². The minimum absolute atomic E-state index is 0.0276. The van der Waals surface area contributed by atoms with Crippen LogP contribution in [0.1, 0.15) is 271 Å². The van der Waals surface area contributed by atoms with Crippen molar-refractivity contribution < 1.29 is 42.1 Å². The molecule has 0 aliphatic rings. The van der Waals surface area contributed by atoms with Crippen LogP contribution in [0.25, 0.3) is 0 Å². The lowest BCUT2D eigenvalue weighted by Crippen LogP contribution is -2.37. The topological polar surface area (TPSA) is 108 Å². The van der Waals surface area contributed by atoms with Crippen LogP contribution in [0, 0.1) is 0 Å². The number of phosphoric acid groups is 1. The first kappa shape index (κ1) is 76.7. The van der Waals surface area contributed by atoms with Crippen molar-refractivity contribution in [1.29, 1.82) is 0 Å². The van der Waals surface area contributed by atoms with Gasteiger partial charge in [0.15, 0.2) is 6.10 Å². The first-order valence-electron chi connectivity index (χ1n) is 32.6. The number of allylic oxidation sites excluding steroid dienone is 18. The third kappa shape index (κ3) is 63.8. The van der Waals surface area contributed by atoms with Crippen LogP contribution in [0.2, 0.25) is 0 Å². The van der Waals surface area contributed by atoms with Crippen LogP contribution in [0.15, 0.2) is 109 Å². The average molecular weight is 1140 g/mol. The summed E-state index contributed by atoms with van der Waals surface area (Å²) >= 11 is 0. The van der Waals surface area contributed by atoms with Gasteiger partial charge in [0.2, 0.25) is 0 Å². The number of carbonyl (C=O) groups is 2. The first-order valence-corrected chi connectivity index (χ1v) is 34.1. The number of hydrogen-bond donors (Lipinski definition) is 1. The Hall–Kier alpha value is -3.33. The van der Waals surface area contributed by atoms with Crippen molar-refractivity contribution in [1.82, 2.24) is 0 Å². The van der Waals surface area contributed by atoms with Crippen LogP contribution in [-0.4, -0.2) is 74.9 Å². The molecule has 0 aliphatic heterocycles. The lowest BCUT2D eigenvalue weighted by Gasteiger charge is -2.24. The third-order valence-electron chi connectivity index (χ3n) is 13.8. The van der Waals surface area contributed by atoms with Crippen LogP contribution in [0.3, 0.4) is 0 Å². The van der Waals surface area contributed by atoms with Gasteiger partial charge in [-0.1, -0.05) is 264 Å². The van der Waals surface area contributed by atoms with Crippen molar-refractivity contribution in [3.63, 3.8) is 0 Å². The van der Waals surface area contributed by atoms with Crippen LogP contribution < -0.4 is 0 Å². The molecule has 0 aromatic carbocycles. The number of esters is 2. The van der Waals surface area contributed by atoms with E-state index in [0.717, 1.165) is 103 Å². The largest absolute Gasteiger partial charge is 0.472 e. The summed E-state index contributed by atoms with van der Waals surface area (Å²) in [7, 11) is 1.47. The van der Waals surface area contributed by atoms with Gasteiger partial charge in [-0.2, -0.15) is 0 Å². The fraction of sp³-hybridized carbons (Fsp3) is 0.714. The summed E-state index contributed by atoms with van der Waals surface area (Å²) in [6.45, 7) is 4.30. The summed E-state index contributed by atoms with van der Waals surface area (Å²) < 4.78 is 34.6. The Morgan fingerprint density at radius 2 is 0.713 bits per heavy atom. The Morgan fingerprint density at radius 3 is 1.06 bits per heavy atom. The molecule has 9 nitrogen and oxygen atoms in total. The van der Waals surface area contributed by atoms with Gasteiger partial charge < -0.3 is 18.9 Å². The van der Waals surface area contributed by atoms with Gasteiger partial charge in [0.25, 0.3) is 0 Å². The quantitative estimate of drug-likeness (QED) is 0.0211. The molecule has 2 atom stereocenters. The van der Waals surface area contributed by atoms with Crippen LogP contribution >= 0.6 is 7.82 Å². The van der Waals surface area contributed by atoms with Crippen molar-refractivity contribution in [2.45, 2.75) is 277 Å². The van der Waals surface area contributed by atoms with E-state index >= 15 is 0 Å². The summed E-state index contributed by atoms with van der Waals surface area (Å²) in [6, 6.07) is 0. The lowest BCUT2D eigenvalue weighted by atomic mass is 10.0. The summed E-state index contributed by atoms with van der Waals surface area (Å²) in [5.74, 6) is -0.803. The van der Waals surface area contributed by atoms with E-state index in [1.54, 1.807) is 0 Å². The molecule has 0 rings (SSSR count). The fourth-order valence-corrected chi connectivity index (χ4v) is 9.53. The Kier molecular flexibility index (Phi) is 57.8. The second-order valence-electron chi connectivity index (χ2n) is 22.8. The Labute approximate surface area is 493 Å². The molecule has 0 fully saturated rings. The highest BCUT2D eigenvalue weighted by Gasteiger charge is 2.27. The van der Waals surface area contributed by atoms with Gasteiger partial charge in [0, 0.05) is 12.8 Å². The monoisotopic (exact) mass is 1140 g/mol. The maximum absolute atomic E-state index is 12.8. The fourth-order valence-electron chi connectivity index (χ4n) is 8.79. The zero-order valence-electron chi connectivity index (χ0n) is 52.3. The SMILES string of the molecule is CC/C=C\C/C=C\C/C=C\C/C=C\C/C=C\C/C=C\C/C=C\CCCCCCCCCCCCCCCCCCCC(=O)OC(COC(=O)CCCCCCCCC/C=C\C/C=C\CCCCC)COP(=O)(O)OCC[N+](C)(C)C. The molecule has 0 aliphatic carbocycles. The zero-order chi connectivity index (χ0) is 58.4. The molecule has 10 heteroatoms. The molecule has 0 heterocycles. The Morgan fingerprint density at radius 1 is 0.400 bits per heavy atom. The number of ether oxygens (including phenoxy) is 2. The molecule has 1 N–H and O–H groups in total. The number of carbonyl (C=O) groups excluding carboxylic acids is 2. The molecule has 80 heavy (non-hydrogen) atoms. The molecule has 0 aromatic heterocycles. The van der Waals surface area contributed by atoms with Gasteiger partial charge in [0.1, 0.15) is 19.8 Å². The number of unbranched alkanes of at least 4 members (excludes halogenated alkanes) is 27. The Bertz CT molecular complexity index is 1720. The first-order chi connectivity index (χ1) is 39.0. The van der Waals surface area contributed by atoms with Gasteiger partial charge >= 0.3 is 19.8 Å². The molecule has 0 saturated heterocycles. The standard InChI is InChI=1S/C70H122NO8P/c1-6-8-10-12-14-16-18-20-22-24-25-26-27-28-29-30-31-32-33-34-35-36-37-38-39-40-41-42-43-44-45-47-49-51-53-55-57-59-61-63-70(73)79-68(67-78-80(74,75)77-65-64-71(3,4)5)66-76-69(72)62-60-58-56-54-52-50-48-46-23-21-19-17-15-13-11-9-7-2/h8,10,14-17,20-23,25-26,28-29,31-32,34-35,68H,6-7,9,11-13,18-19,24,27,30,33,36-67H2,1-5H3/p+1/b10-8-,16-14-,17-15-,22-20-,23-21-,26-25-,29-28-,32-31-,35-34-. The average Bonchev–Trinajstić information content (AvgIpc) is 3.42. The molecule has 0 spiro atoms. The minimum atomic E-state index is -4.39. The lowest BCUT2D eigenvalue weighted by molar-refractivity contribution is -0.870. The molecule has 460 valence electrons. The van der Waals surface area contributed by atoms with E-state index in [0.29, 0.717) is 17.4 Å². The molecule has 0 amide bonds. The van der Waals surface area contributed by atoms with Gasteiger partial charge in [0.05, 0.1) is 27.7 Å². The van der Waals surface area contributed by atoms with E-state index in [4.69, 9.17) is 18.5 Å². The molecule has 0 aromatic rings. The van der Waals surface area contributed by atoms with E-state index in [1.165, 1.54) is 135 Å². The van der Waals surface area contributed by atoms with Crippen molar-refractivity contribution in [2.24, 2.45) is 0 Å². The van der Waals surface area contributed by atoms with Crippen molar-refractivity contribution in [2.75, 3.05) is 47.5 Å². The van der Waals surface area contributed by atoms with Crippen molar-refractivity contribution in [3.8, 4) is 0 Å². The summed E-state index contributed by atoms with van der Waals surface area (Å²) in [6.07, 6.45) is 84.7. The maximum Gasteiger partial charge on any atom is 0.472 e. The maximum atomic E-state index is 12.8. The molecule has 2 unspecified atom stereocenters. The van der Waals surface area contributed by atoms with Gasteiger partial charge in [-0.25, -0.2) is 4.57 Å². The molecule has 0 radical (unpaired) electrons. The summed E-state index contributed by atoms with van der Waals surface area (Å²) in [4.78, 5) is 35.7. The molecular formula is C70H123NO8P+. The van der Waals surface area contributed by atoms with E-state index in [2.05, 4.69) is 123 Å². The van der Waals surface area contributed by atoms with E-state index in [-0.39, 0.29) is 32.0 Å².